The molecule has 0 amide bonds. The molecular formula is C12H16O2Se. The van der Waals surface area contributed by atoms with Crippen LogP contribution < -0.4 is 4.46 Å². The van der Waals surface area contributed by atoms with Gasteiger partial charge >= 0.3 is 96.9 Å². The molecule has 0 bridgehead atoms. The molecule has 0 saturated heterocycles. The van der Waals surface area contributed by atoms with Crippen LogP contribution in [0, 0.1) is 0 Å². The van der Waals surface area contributed by atoms with Crippen LogP contribution in [0.2, 0.25) is 5.32 Å². The number of carbonyl (C=O) groups excluding carboxylic acids is 1. The Morgan fingerprint density at radius 2 is 2.00 bits per heavy atom. The van der Waals surface area contributed by atoms with E-state index < -0.39 is 0 Å². The minimum absolute atomic E-state index is 0.0952. The van der Waals surface area contributed by atoms with E-state index in [2.05, 4.69) is 29.0 Å². The average Bonchev–Trinajstić information content (AvgIpc) is 2.29. The molecule has 2 nitrogen and oxygen atoms in total. The van der Waals surface area contributed by atoms with Crippen LogP contribution in [0.5, 0.6) is 0 Å². The second-order valence-corrected chi connectivity index (χ2v) is 5.65. The zero-order valence-corrected chi connectivity index (χ0v) is 10.7. The summed E-state index contributed by atoms with van der Waals surface area (Å²) in [5.41, 5.74) is 0. The van der Waals surface area contributed by atoms with Crippen molar-refractivity contribution < 1.29 is 9.53 Å². The zero-order chi connectivity index (χ0) is 10.9. The average molecular weight is 271 g/mol. The van der Waals surface area contributed by atoms with E-state index in [0.29, 0.717) is 21.4 Å². The Morgan fingerprint density at radius 1 is 1.27 bits per heavy atom. The van der Waals surface area contributed by atoms with Gasteiger partial charge in [-0.3, -0.25) is 0 Å². The minimum atomic E-state index is -0.0952. The molecule has 0 unspecified atom stereocenters. The molecule has 0 atom stereocenters. The van der Waals surface area contributed by atoms with E-state index in [1.54, 1.807) is 0 Å². The summed E-state index contributed by atoms with van der Waals surface area (Å²) in [7, 11) is 1.44. The number of carbonyl (C=O) groups is 1. The van der Waals surface area contributed by atoms with Crippen molar-refractivity contribution in [3.63, 3.8) is 0 Å². The topological polar surface area (TPSA) is 26.3 Å². The van der Waals surface area contributed by atoms with Gasteiger partial charge < -0.3 is 0 Å². The number of ether oxygens (including phenoxy) is 1. The number of benzene rings is 1. The van der Waals surface area contributed by atoms with Gasteiger partial charge in [-0.25, -0.2) is 0 Å². The third-order valence-corrected chi connectivity index (χ3v) is 4.32. The molecule has 0 aromatic heterocycles. The van der Waals surface area contributed by atoms with Gasteiger partial charge in [-0.15, -0.1) is 0 Å². The van der Waals surface area contributed by atoms with Gasteiger partial charge in [0.15, 0.2) is 0 Å². The third-order valence-electron chi connectivity index (χ3n) is 2.01. The van der Waals surface area contributed by atoms with E-state index >= 15 is 0 Å². The van der Waals surface area contributed by atoms with Gasteiger partial charge in [-0.2, -0.15) is 0 Å². The quantitative estimate of drug-likeness (QED) is 0.448. The summed E-state index contributed by atoms with van der Waals surface area (Å²) in [5, 5.41) is 1.20. The first-order valence-electron chi connectivity index (χ1n) is 5.07. The Morgan fingerprint density at radius 3 is 2.67 bits per heavy atom. The predicted molar refractivity (Wildman–Crippen MR) is 62.5 cm³/mol. The molecule has 0 fully saturated rings. The summed E-state index contributed by atoms with van der Waals surface area (Å²) in [5.74, 6) is -0.0952. The predicted octanol–water partition coefficient (Wildman–Crippen LogP) is 1.78. The van der Waals surface area contributed by atoms with Crippen molar-refractivity contribution in [2.24, 2.45) is 0 Å². The number of rotatable bonds is 6. The number of unbranched alkanes of at least 4 members (excludes halogenated alkanes) is 1. The Bertz CT molecular complexity index is 285. The molecule has 0 radical (unpaired) electrons. The van der Waals surface area contributed by atoms with E-state index in [9.17, 15) is 4.79 Å². The van der Waals surface area contributed by atoms with Crippen LogP contribution in [0.25, 0.3) is 0 Å². The molecule has 0 heterocycles. The van der Waals surface area contributed by atoms with Crippen LogP contribution in [0.15, 0.2) is 30.3 Å². The first-order valence-corrected chi connectivity index (χ1v) is 7.14. The number of hydrogen-bond donors (Lipinski definition) is 0. The fraction of sp³-hybridized carbons (Fsp3) is 0.417. The maximum absolute atomic E-state index is 10.8. The van der Waals surface area contributed by atoms with Crippen LogP contribution in [-0.4, -0.2) is 28.0 Å². The number of hydrogen-bond acceptors (Lipinski definition) is 2. The van der Waals surface area contributed by atoms with Crippen LogP contribution in [0.4, 0.5) is 0 Å². The summed E-state index contributed by atoms with van der Waals surface area (Å²) in [6.45, 7) is 0. The summed E-state index contributed by atoms with van der Waals surface area (Å²) in [6, 6.07) is 10.5. The van der Waals surface area contributed by atoms with E-state index in [4.69, 9.17) is 0 Å². The van der Waals surface area contributed by atoms with Gasteiger partial charge in [0.05, 0.1) is 0 Å². The Balaban J connectivity index is 2.05. The standard InChI is InChI=1S/C12H16O2Se/c1-14-12(13)9-5-6-10-15-11-7-3-2-4-8-11/h2-4,7-8H,5-6,9-10H2,1H3. The molecule has 0 N–H and O–H groups in total. The van der Waals surface area contributed by atoms with Gasteiger partial charge in [0.25, 0.3) is 0 Å². The first kappa shape index (κ1) is 12.3. The molecule has 0 aliphatic carbocycles. The SMILES string of the molecule is COC(=O)CCCC[Se]c1ccccc1. The van der Waals surface area contributed by atoms with Crippen molar-refractivity contribution in [3.05, 3.63) is 30.3 Å². The summed E-state index contributed by atoms with van der Waals surface area (Å²) >= 11 is 0.553. The second kappa shape index (κ2) is 7.49. The Kier molecular flexibility index (Phi) is 6.14. The van der Waals surface area contributed by atoms with Gasteiger partial charge in [0.1, 0.15) is 0 Å². The normalized spacial score (nSPS) is 9.93. The van der Waals surface area contributed by atoms with Crippen molar-refractivity contribution in [2.75, 3.05) is 7.11 Å². The molecule has 1 aromatic rings. The van der Waals surface area contributed by atoms with E-state index in [-0.39, 0.29) is 5.97 Å². The zero-order valence-electron chi connectivity index (χ0n) is 8.94. The van der Waals surface area contributed by atoms with Crippen LogP contribution in [0.3, 0.4) is 0 Å². The fourth-order valence-electron chi connectivity index (χ4n) is 1.18. The Labute approximate surface area is 97.2 Å². The van der Waals surface area contributed by atoms with Crippen molar-refractivity contribution in [1.29, 1.82) is 0 Å². The molecule has 3 heteroatoms. The number of methoxy groups -OCH3 is 1. The van der Waals surface area contributed by atoms with Crippen LogP contribution in [-0.2, 0) is 9.53 Å². The summed E-state index contributed by atoms with van der Waals surface area (Å²) in [6.07, 6.45) is 2.62. The van der Waals surface area contributed by atoms with E-state index in [1.165, 1.54) is 16.9 Å². The number of esters is 1. The van der Waals surface area contributed by atoms with Gasteiger partial charge in [0, 0.05) is 0 Å². The van der Waals surface area contributed by atoms with Gasteiger partial charge in [0.2, 0.25) is 0 Å². The molecule has 0 saturated carbocycles. The molecule has 82 valence electrons. The summed E-state index contributed by atoms with van der Waals surface area (Å²) < 4.78 is 6.01. The molecular weight excluding hydrogens is 255 g/mol. The van der Waals surface area contributed by atoms with Crippen molar-refractivity contribution >= 4 is 25.4 Å². The van der Waals surface area contributed by atoms with E-state index in [1.807, 2.05) is 6.07 Å². The second-order valence-electron chi connectivity index (χ2n) is 3.19. The summed E-state index contributed by atoms with van der Waals surface area (Å²) in [4.78, 5) is 10.8. The fourth-order valence-corrected chi connectivity index (χ4v) is 3.14. The van der Waals surface area contributed by atoms with Gasteiger partial charge in [-0.1, -0.05) is 0 Å². The molecule has 0 aliphatic rings. The van der Waals surface area contributed by atoms with Crippen molar-refractivity contribution in [2.45, 2.75) is 24.6 Å². The van der Waals surface area contributed by atoms with Crippen molar-refractivity contribution in [1.82, 2.24) is 0 Å². The third kappa shape index (κ3) is 5.60. The van der Waals surface area contributed by atoms with Gasteiger partial charge in [-0.05, 0) is 0 Å². The maximum atomic E-state index is 10.8. The first-order chi connectivity index (χ1) is 7.33. The molecule has 1 aromatic carbocycles. The molecule has 15 heavy (non-hydrogen) atoms. The molecule has 0 aliphatic heterocycles. The van der Waals surface area contributed by atoms with Crippen molar-refractivity contribution in [3.8, 4) is 0 Å². The van der Waals surface area contributed by atoms with Crippen LogP contribution in [0.1, 0.15) is 19.3 Å². The van der Waals surface area contributed by atoms with E-state index in [0.717, 1.165) is 12.8 Å². The van der Waals surface area contributed by atoms with Crippen LogP contribution >= 0.6 is 0 Å². The monoisotopic (exact) mass is 272 g/mol. The Hall–Kier alpha value is -0.791. The molecule has 0 spiro atoms. The molecule has 1 rings (SSSR count).